The molecule has 2 aliphatic rings. The number of nitrogens with one attached hydrogen (secondary N) is 3. The van der Waals surface area contributed by atoms with Crippen molar-refractivity contribution in [1.82, 2.24) is 20.4 Å². The summed E-state index contributed by atoms with van der Waals surface area (Å²) in [5.74, 6) is -1.66. The van der Waals surface area contributed by atoms with Crippen LogP contribution in [0.25, 0.3) is 5.69 Å². The molecule has 5 N–H and O–H groups in total. The molecule has 196 valence electrons. The van der Waals surface area contributed by atoms with Gasteiger partial charge in [0, 0.05) is 12.2 Å². The Hall–Kier alpha value is -4.72. The van der Waals surface area contributed by atoms with E-state index in [1.165, 1.54) is 12.3 Å². The summed E-state index contributed by atoms with van der Waals surface area (Å²) in [5, 5.41) is 27.1. The number of aromatic nitrogens is 2. The van der Waals surface area contributed by atoms with E-state index in [0.29, 0.717) is 29.7 Å². The second-order valence-corrected chi connectivity index (χ2v) is 9.39. The first kappa shape index (κ1) is 26.3. The second-order valence-electron chi connectivity index (χ2n) is 9.39. The standard InChI is InChI=1S/C27H28FN7O3/c1-15(34-27(37)22-14-33-35(16(22)2)20-6-3-17(12-29)4-7-20)9-18-10-21(11-18)38-26(31)24(25(30)36)23-8-5-19(28)13-32-23/h3-8,13-15,18,21,31-32H,9-11H2,1-2H3,(H2,30,36)(H,34,37)/b24-23-,31-26?/t15-,18?,21?/m0/s1. The van der Waals surface area contributed by atoms with E-state index in [-0.39, 0.29) is 41.1 Å². The Balaban J connectivity index is 1.27. The molecule has 1 aliphatic heterocycles. The molecule has 10 nitrogen and oxygen atoms in total. The van der Waals surface area contributed by atoms with Crippen molar-refractivity contribution >= 4 is 17.7 Å². The molecule has 2 heterocycles. The molecule has 1 saturated carbocycles. The maximum atomic E-state index is 13.2. The number of carbonyl (C=O) groups is 2. The first-order valence-corrected chi connectivity index (χ1v) is 12.1. The zero-order valence-electron chi connectivity index (χ0n) is 21.0. The lowest BCUT2D eigenvalue weighted by Gasteiger charge is -2.37. The number of hydrogen-bond acceptors (Lipinski definition) is 7. The van der Waals surface area contributed by atoms with Crippen LogP contribution >= 0.6 is 0 Å². The number of halogens is 1. The molecule has 1 aliphatic carbocycles. The minimum atomic E-state index is -0.845. The van der Waals surface area contributed by atoms with Crippen LogP contribution in [0.5, 0.6) is 0 Å². The van der Waals surface area contributed by atoms with E-state index in [4.69, 9.17) is 21.1 Å². The van der Waals surface area contributed by atoms with E-state index in [2.05, 4.69) is 21.8 Å². The Labute approximate surface area is 219 Å². The molecule has 11 heteroatoms. The largest absolute Gasteiger partial charge is 0.474 e. The molecule has 2 amide bonds. The van der Waals surface area contributed by atoms with Gasteiger partial charge in [-0.25, -0.2) is 9.07 Å². The number of dihydropyridines is 1. The van der Waals surface area contributed by atoms with Gasteiger partial charge in [-0.15, -0.1) is 0 Å². The Bertz CT molecular complexity index is 1390. The SMILES string of the molecule is Cc1c(C(=O)N[C@@H](C)CC2CC(OC(=N)/C(C(N)=O)=C3/C=CC(F)=CN3)C2)cnn1-c1ccc(C#N)cc1. The monoisotopic (exact) mass is 517 g/mol. The van der Waals surface area contributed by atoms with Crippen molar-refractivity contribution in [1.29, 1.82) is 10.7 Å². The highest BCUT2D eigenvalue weighted by Gasteiger charge is 2.34. The van der Waals surface area contributed by atoms with Gasteiger partial charge in [0.15, 0.2) is 0 Å². The van der Waals surface area contributed by atoms with Crippen molar-refractivity contribution in [2.24, 2.45) is 11.7 Å². The predicted molar refractivity (Wildman–Crippen MR) is 138 cm³/mol. The van der Waals surface area contributed by atoms with Crippen LogP contribution in [0.1, 0.15) is 47.8 Å². The Morgan fingerprint density at radius 3 is 2.66 bits per heavy atom. The Kier molecular flexibility index (Phi) is 7.71. The van der Waals surface area contributed by atoms with Gasteiger partial charge in [-0.2, -0.15) is 10.4 Å². The fourth-order valence-electron chi connectivity index (χ4n) is 4.55. The number of carbonyl (C=O) groups excluding carboxylic acids is 2. The number of nitriles is 1. The van der Waals surface area contributed by atoms with Crippen LogP contribution in [0.4, 0.5) is 4.39 Å². The zero-order chi connectivity index (χ0) is 27.4. The number of primary amides is 1. The third-order valence-electron chi connectivity index (χ3n) is 6.55. The highest BCUT2D eigenvalue weighted by atomic mass is 19.1. The number of amides is 2. The minimum Gasteiger partial charge on any atom is -0.474 e. The number of hydrogen-bond donors (Lipinski definition) is 4. The number of nitrogens with zero attached hydrogens (tertiary/aromatic N) is 3. The lowest BCUT2D eigenvalue weighted by atomic mass is 9.78. The van der Waals surface area contributed by atoms with Crippen molar-refractivity contribution in [3.63, 3.8) is 0 Å². The zero-order valence-corrected chi connectivity index (χ0v) is 21.0. The molecular formula is C27H28FN7O3. The van der Waals surface area contributed by atoms with Gasteiger partial charge >= 0.3 is 0 Å². The second kappa shape index (κ2) is 11.1. The van der Waals surface area contributed by atoms with Gasteiger partial charge < -0.3 is 21.1 Å². The third kappa shape index (κ3) is 5.81. The van der Waals surface area contributed by atoms with Gasteiger partial charge in [0.05, 0.1) is 40.5 Å². The number of benzene rings is 1. The lowest BCUT2D eigenvalue weighted by molar-refractivity contribution is -0.114. The van der Waals surface area contributed by atoms with E-state index >= 15 is 0 Å². The number of nitrogens with two attached hydrogens (primary N) is 1. The molecule has 0 unspecified atom stereocenters. The summed E-state index contributed by atoms with van der Waals surface area (Å²) in [7, 11) is 0. The molecule has 0 saturated heterocycles. The number of rotatable bonds is 8. The maximum absolute atomic E-state index is 13.2. The summed E-state index contributed by atoms with van der Waals surface area (Å²) in [6.07, 6.45) is 6.89. The summed E-state index contributed by atoms with van der Waals surface area (Å²) in [5.41, 5.74) is 7.94. The molecule has 2 aromatic rings. The number of allylic oxidation sites excluding steroid dienone is 3. The van der Waals surface area contributed by atoms with Gasteiger partial charge in [-0.1, -0.05) is 0 Å². The van der Waals surface area contributed by atoms with E-state index in [0.717, 1.165) is 24.4 Å². The molecule has 4 rings (SSSR count). The van der Waals surface area contributed by atoms with E-state index in [1.54, 1.807) is 28.9 Å². The summed E-state index contributed by atoms with van der Waals surface area (Å²) in [6, 6.07) is 8.92. The van der Waals surface area contributed by atoms with Crippen molar-refractivity contribution in [3.05, 3.63) is 82.7 Å². The van der Waals surface area contributed by atoms with Crippen LogP contribution in [-0.4, -0.2) is 39.6 Å². The van der Waals surface area contributed by atoms with Gasteiger partial charge in [0.1, 0.15) is 17.5 Å². The fraction of sp³-hybridized carbons (Fsp3) is 0.296. The Morgan fingerprint density at radius 2 is 2.05 bits per heavy atom. The maximum Gasteiger partial charge on any atom is 0.256 e. The summed E-state index contributed by atoms with van der Waals surface area (Å²) < 4.78 is 20.5. The quantitative estimate of drug-likeness (QED) is 0.239. The van der Waals surface area contributed by atoms with Gasteiger partial charge in [0.2, 0.25) is 5.90 Å². The molecule has 0 radical (unpaired) electrons. The first-order valence-electron chi connectivity index (χ1n) is 12.1. The highest BCUT2D eigenvalue weighted by molar-refractivity contribution is 6.17. The van der Waals surface area contributed by atoms with E-state index in [1.807, 2.05) is 13.8 Å². The predicted octanol–water partition coefficient (Wildman–Crippen LogP) is 3.04. The van der Waals surface area contributed by atoms with Crippen LogP contribution in [-0.2, 0) is 9.53 Å². The van der Waals surface area contributed by atoms with Gasteiger partial charge in [-0.05, 0) is 75.4 Å². The van der Waals surface area contributed by atoms with Crippen molar-refractivity contribution < 1.29 is 18.7 Å². The van der Waals surface area contributed by atoms with Crippen molar-refractivity contribution in [2.45, 2.75) is 45.3 Å². The number of ether oxygens (including phenoxy) is 1. The highest BCUT2D eigenvalue weighted by Crippen LogP contribution is 2.34. The average molecular weight is 518 g/mol. The van der Waals surface area contributed by atoms with Crippen LogP contribution < -0.4 is 16.4 Å². The molecule has 1 atom stereocenters. The van der Waals surface area contributed by atoms with E-state index < -0.39 is 11.7 Å². The molecule has 1 fully saturated rings. The molecule has 0 bridgehead atoms. The third-order valence-corrected chi connectivity index (χ3v) is 6.55. The molecular weight excluding hydrogens is 489 g/mol. The summed E-state index contributed by atoms with van der Waals surface area (Å²) in [4.78, 5) is 24.7. The molecule has 1 aromatic heterocycles. The fourth-order valence-corrected chi connectivity index (χ4v) is 4.55. The van der Waals surface area contributed by atoms with Crippen LogP contribution in [0, 0.1) is 29.6 Å². The summed E-state index contributed by atoms with van der Waals surface area (Å²) in [6.45, 7) is 3.74. The Morgan fingerprint density at radius 1 is 1.34 bits per heavy atom. The summed E-state index contributed by atoms with van der Waals surface area (Å²) >= 11 is 0. The topological polar surface area (TPSA) is 159 Å². The molecule has 38 heavy (non-hydrogen) atoms. The average Bonchev–Trinajstić information content (AvgIpc) is 3.25. The lowest BCUT2D eigenvalue weighted by Crippen LogP contribution is -2.40. The van der Waals surface area contributed by atoms with Gasteiger partial charge in [0.25, 0.3) is 11.8 Å². The van der Waals surface area contributed by atoms with Crippen molar-refractivity contribution in [2.75, 3.05) is 0 Å². The minimum absolute atomic E-state index is 0.105. The van der Waals surface area contributed by atoms with Crippen LogP contribution in [0.3, 0.4) is 0 Å². The smallest absolute Gasteiger partial charge is 0.256 e. The normalized spacial score (nSPS) is 20.2. The van der Waals surface area contributed by atoms with E-state index in [9.17, 15) is 14.0 Å². The van der Waals surface area contributed by atoms with Crippen LogP contribution in [0.2, 0.25) is 0 Å². The van der Waals surface area contributed by atoms with Crippen molar-refractivity contribution in [3.8, 4) is 11.8 Å². The van der Waals surface area contributed by atoms with Crippen LogP contribution in [0.15, 0.2) is 65.9 Å². The first-order chi connectivity index (χ1) is 18.2. The molecule has 0 spiro atoms. The van der Waals surface area contributed by atoms with Gasteiger partial charge in [-0.3, -0.25) is 15.0 Å². The molecule has 1 aromatic carbocycles.